The third-order valence-corrected chi connectivity index (χ3v) is 2.41. The second kappa shape index (κ2) is 4.32. The molecule has 0 heterocycles. The van der Waals surface area contributed by atoms with E-state index in [1.54, 1.807) is 6.21 Å². The summed E-state index contributed by atoms with van der Waals surface area (Å²) in [4.78, 5) is 0. The molecule has 0 radical (unpaired) electrons. The van der Waals surface area contributed by atoms with Crippen LogP contribution in [0.25, 0.3) is 0 Å². The average molecular weight is 151 g/mol. The van der Waals surface area contributed by atoms with Gasteiger partial charge in [-0.15, -0.1) is 0 Å². The Morgan fingerprint density at radius 2 is 2.27 bits per heavy atom. The highest BCUT2D eigenvalue weighted by Crippen LogP contribution is 2.32. The first-order chi connectivity index (χ1) is 5.38. The van der Waals surface area contributed by atoms with Crippen LogP contribution >= 0.6 is 0 Å². The van der Waals surface area contributed by atoms with E-state index in [2.05, 4.69) is 13.0 Å². The van der Waals surface area contributed by atoms with Crippen molar-refractivity contribution in [1.29, 1.82) is 5.41 Å². The molecule has 0 spiro atoms. The Bertz CT molecular complexity index is 154. The quantitative estimate of drug-likeness (QED) is 0.597. The van der Waals surface area contributed by atoms with Gasteiger partial charge in [0.05, 0.1) is 0 Å². The van der Waals surface area contributed by atoms with Crippen molar-refractivity contribution in [2.45, 2.75) is 39.0 Å². The van der Waals surface area contributed by atoms with Crippen LogP contribution < -0.4 is 0 Å². The standard InChI is InChI=1S/C10H17N/c1-2-3-5-10(8-11)9-6-4-7-9/h5,8-9,11H,2-4,6-7H2,1H3/b10-5+,11-8?. The van der Waals surface area contributed by atoms with Crippen LogP contribution in [-0.2, 0) is 0 Å². The number of rotatable bonds is 4. The summed E-state index contributed by atoms with van der Waals surface area (Å²) in [6.07, 6.45) is 10.1. The molecule has 1 heteroatoms. The van der Waals surface area contributed by atoms with Crippen molar-refractivity contribution in [3.8, 4) is 0 Å². The number of allylic oxidation sites excluding steroid dienone is 2. The normalized spacial score (nSPS) is 19.5. The molecule has 0 aromatic rings. The largest absolute Gasteiger partial charge is 0.308 e. The molecule has 0 atom stereocenters. The zero-order valence-electron chi connectivity index (χ0n) is 7.27. The summed E-state index contributed by atoms with van der Waals surface area (Å²) in [5.41, 5.74) is 1.28. The van der Waals surface area contributed by atoms with E-state index >= 15 is 0 Å². The van der Waals surface area contributed by atoms with Crippen LogP contribution in [0.1, 0.15) is 39.0 Å². The minimum Gasteiger partial charge on any atom is -0.308 e. The van der Waals surface area contributed by atoms with Crippen LogP contribution in [0.15, 0.2) is 11.6 Å². The summed E-state index contributed by atoms with van der Waals surface area (Å²) < 4.78 is 0. The Hall–Kier alpha value is -0.590. The van der Waals surface area contributed by atoms with Crippen molar-refractivity contribution in [2.24, 2.45) is 5.92 Å². The van der Waals surface area contributed by atoms with Crippen molar-refractivity contribution in [3.05, 3.63) is 11.6 Å². The molecule has 1 saturated carbocycles. The van der Waals surface area contributed by atoms with Crippen molar-refractivity contribution >= 4 is 6.21 Å². The summed E-state index contributed by atoms with van der Waals surface area (Å²) in [5.74, 6) is 0.735. The van der Waals surface area contributed by atoms with E-state index in [0.717, 1.165) is 12.3 Å². The van der Waals surface area contributed by atoms with Gasteiger partial charge in [-0.1, -0.05) is 25.8 Å². The fourth-order valence-corrected chi connectivity index (χ4v) is 1.40. The van der Waals surface area contributed by atoms with E-state index in [-0.39, 0.29) is 0 Å². The highest BCUT2D eigenvalue weighted by molar-refractivity contribution is 5.76. The van der Waals surface area contributed by atoms with Crippen molar-refractivity contribution in [2.75, 3.05) is 0 Å². The zero-order chi connectivity index (χ0) is 8.10. The smallest absolute Gasteiger partial charge is 0.0209 e. The molecule has 0 bridgehead atoms. The van der Waals surface area contributed by atoms with Gasteiger partial charge in [-0.05, 0) is 30.8 Å². The molecule has 1 N–H and O–H groups in total. The summed E-state index contributed by atoms with van der Waals surface area (Å²) in [7, 11) is 0. The maximum absolute atomic E-state index is 7.21. The Balaban J connectivity index is 2.40. The fourth-order valence-electron chi connectivity index (χ4n) is 1.40. The van der Waals surface area contributed by atoms with Crippen LogP contribution in [0.2, 0.25) is 0 Å². The van der Waals surface area contributed by atoms with E-state index in [0.29, 0.717) is 0 Å². The molecule has 11 heavy (non-hydrogen) atoms. The zero-order valence-corrected chi connectivity index (χ0v) is 7.27. The van der Waals surface area contributed by atoms with Gasteiger partial charge in [-0.25, -0.2) is 0 Å². The van der Waals surface area contributed by atoms with Gasteiger partial charge >= 0.3 is 0 Å². The molecule has 1 aliphatic rings. The van der Waals surface area contributed by atoms with Gasteiger partial charge in [0.2, 0.25) is 0 Å². The highest BCUT2D eigenvalue weighted by atomic mass is 14.4. The maximum Gasteiger partial charge on any atom is 0.0209 e. The van der Waals surface area contributed by atoms with Crippen molar-refractivity contribution in [3.63, 3.8) is 0 Å². The molecule has 1 aliphatic carbocycles. The first-order valence-corrected chi connectivity index (χ1v) is 4.59. The summed E-state index contributed by atoms with van der Waals surface area (Å²) in [6, 6.07) is 0. The molecular weight excluding hydrogens is 134 g/mol. The van der Waals surface area contributed by atoms with Crippen LogP contribution in [-0.4, -0.2) is 6.21 Å². The lowest BCUT2D eigenvalue weighted by Gasteiger charge is -2.26. The summed E-state index contributed by atoms with van der Waals surface area (Å²) >= 11 is 0. The van der Waals surface area contributed by atoms with Crippen molar-refractivity contribution in [1.82, 2.24) is 0 Å². The number of nitrogens with one attached hydrogen (secondary N) is 1. The van der Waals surface area contributed by atoms with E-state index in [1.807, 2.05) is 0 Å². The average Bonchev–Trinajstić information content (AvgIpc) is 1.93. The van der Waals surface area contributed by atoms with Crippen LogP contribution in [0.4, 0.5) is 0 Å². The Kier molecular flexibility index (Phi) is 3.34. The van der Waals surface area contributed by atoms with Gasteiger partial charge in [-0.2, -0.15) is 0 Å². The summed E-state index contributed by atoms with van der Waals surface area (Å²) in [5, 5.41) is 7.21. The second-order valence-corrected chi connectivity index (χ2v) is 3.26. The fraction of sp³-hybridized carbons (Fsp3) is 0.700. The predicted octanol–water partition coefficient (Wildman–Crippen LogP) is 3.16. The minimum absolute atomic E-state index is 0.735. The second-order valence-electron chi connectivity index (χ2n) is 3.26. The Labute approximate surface area is 69.0 Å². The lowest BCUT2D eigenvalue weighted by Crippen LogP contribution is -2.14. The first-order valence-electron chi connectivity index (χ1n) is 4.59. The molecule has 0 amide bonds. The number of hydrogen-bond donors (Lipinski definition) is 1. The van der Waals surface area contributed by atoms with Crippen LogP contribution in [0.3, 0.4) is 0 Å². The Morgan fingerprint density at radius 3 is 2.64 bits per heavy atom. The third-order valence-electron chi connectivity index (χ3n) is 2.41. The minimum atomic E-state index is 0.735. The van der Waals surface area contributed by atoms with Gasteiger partial charge in [-0.3, -0.25) is 0 Å². The molecule has 0 aliphatic heterocycles. The van der Waals surface area contributed by atoms with Crippen molar-refractivity contribution < 1.29 is 0 Å². The third kappa shape index (κ3) is 2.18. The molecule has 1 fully saturated rings. The van der Waals surface area contributed by atoms with Crippen LogP contribution in [0.5, 0.6) is 0 Å². The molecule has 0 unspecified atom stereocenters. The molecule has 0 saturated heterocycles. The van der Waals surface area contributed by atoms with Gasteiger partial charge in [0.25, 0.3) is 0 Å². The van der Waals surface area contributed by atoms with E-state index in [9.17, 15) is 0 Å². The topological polar surface area (TPSA) is 23.9 Å². The van der Waals surface area contributed by atoms with Gasteiger partial charge in [0, 0.05) is 6.21 Å². The lowest BCUT2D eigenvalue weighted by molar-refractivity contribution is 0.378. The molecule has 1 nitrogen and oxygen atoms in total. The maximum atomic E-state index is 7.21. The monoisotopic (exact) mass is 151 g/mol. The molecule has 1 rings (SSSR count). The van der Waals surface area contributed by atoms with E-state index in [4.69, 9.17) is 5.41 Å². The molecule has 0 aromatic carbocycles. The molecule has 62 valence electrons. The molecular formula is C10H17N. The van der Waals surface area contributed by atoms with Gasteiger partial charge in [0.15, 0.2) is 0 Å². The van der Waals surface area contributed by atoms with Crippen LogP contribution in [0, 0.1) is 11.3 Å². The SMILES string of the molecule is CCC/C=C(\C=N)C1CCC1. The van der Waals surface area contributed by atoms with E-state index < -0.39 is 0 Å². The lowest BCUT2D eigenvalue weighted by atomic mass is 9.79. The number of hydrogen-bond acceptors (Lipinski definition) is 1. The predicted molar refractivity (Wildman–Crippen MR) is 49.1 cm³/mol. The summed E-state index contributed by atoms with van der Waals surface area (Å²) in [6.45, 7) is 2.18. The Morgan fingerprint density at radius 1 is 1.55 bits per heavy atom. The van der Waals surface area contributed by atoms with Gasteiger partial charge in [0.1, 0.15) is 0 Å². The number of unbranched alkanes of at least 4 members (excludes halogenated alkanes) is 1. The highest BCUT2D eigenvalue weighted by Gasteiger charge is 2.19. The van der Waals surface area contributed by atoms with Gasteiger partial charge < -0.3 is 5.41 Å². The van der Waals surface area contributed by atoms with E-state index in [1.165, 1.54) is 31.3 Å². The molecule has 0 aromatic heterocycles. The first kappa shape index (κ1) is 8.51.